The van der Waals surface area contributed by atoms with Crippen LogP contribution in [0.4, 0.5) is 20.6 Å². The smallest absolute Gasteiger partial charge is 0.409 e. The molecule has 0 aliphatic rings. The van der Waals surface area contributed by atoms with Crippen molar-refractivity contribution in [3.8, 4) is 22.1 Å². The monoisotopic (exact) mass is 695 g/mol. The summed E-state index contributed by atoms with van der Waals surface area (Å²) in [5.41, 5.74) is 3.49. The maximum Gasteiger partial charge on any atom is 0.409 e. The first-order valence-electron chi connectivity index (χ1n) is 14.4. The number of sulfone groups is 1. The van der Waals surface area contributed by atoms with E-state index in [2.05, 4.69) is 20.6 Å². The minimum atomic E-state index is -3.20. The number of amides is 2. The first-order valence-corrected chi connectivity index (χ1v) is 17.1. The zero-order valence-electron chi connectivity index (χ0n) is 26.6. The topological polar surface area (TPSA) is 149 Å². The lowest BCUT2D eigenvalue weighted by atomic mass is 10.2. The van der Waals surface area contributed by atoms with E-state index in [0.717, 1.165) is 32.6 Å². The third kappa shape index (κ3) is 9.47. The van der Waals surface area contributed by atoms with Gasteiger partial charge in [0.15, 0.2) is 21.4 Å². The maximum atomic E-state index is 14.4. The highest BCUT2D eigenvalue weighted by molar-refractivity contribution is 7.90. The number of carbonyl (C=O) groups is 2. The third-order valence-electron chi connectivity index (χ3n) is 6.75. The van der Waals surface area contributed by atoms with Crippen LogP contribution in [0.15, 0.2) is 84.0 Å². The number of ether oxygens (including phenoxy) is 3. The fraction of sp³-hybridized carbons (Fsp3) is 0.212. The van der Waals surface area contributed by atoms with Crippen molar-refractivity contribution in [2.75, 3.05) is 51.3 Å². The Morgan fingerprint density at radius 3 is 2.48 bits per heavy atom. The molecule has 0 fully saturated rings. The summed E-state index contributed by atoms with van der Waals surface area (Å²) in [6, 6.07) is 18.2. The summed E-state index contributed by atoms with van der Waals surface area (Å²) in [7, 11) is 1.46. The number of rotatable bonds is 12. The van der Waals surface area contributed by atoms with Crippen LogP contribution in [0.3, 0.4) is 0 Å². The summed E-state index contributed by atoms with van der Waals surface area (Å²) < 4.78 is 53.2. The average Bonchev–Trinajstić information content (AvgIpc) is 3.53. The van der Waals surface area contributed by atoms with Crippen LogP contribution in [0.25, 0.3) is 20.8 Å². The van der Waals surface area contributed by atoms with Crippen molar-refractivity contribution in [3.63, 3.8) is 0 Å². The van der Waals surface area contributed by atoms with Crippen LogP contribution in [0.1, 0.15) is 5.56 Å². The Hall–Kier alpha value is -5.12. The van der Waals surface area contributed by atoms with E-state index in [1.807, 2.05) is 18.2 Å². The molecule has 0 aliphatic heterocycles. The molecule has 252 valence electrons. The number of aromatic nitrogens is 2. The normalized spacial score (nSPS) is 10.9. The Balaban J connectivity index is 0.000000336. The van der Waals surface area contributed by atoms with Crippen LogP contribution in [0, 0.1) is 5.82 Å². The zero-order valence-corrected chi connectivity index (χ0v) is 28.2. The van der Waals surface area contributed by atoms with Crippen molar-refractivity contribution in [1.29, 1.82) is 0 Å². The third-order valence-corrected chi connectivity index (χ3v) is 9.02. The Bertz CT molecular complexity index is 1970. The average molecular weight is 696 g/mol. The van der Waals surface area contributed by atoms with E-state index in [0.29, 0.717) is 43.2 Å². The number of thiophene rings is 1. The Morgan fingerprint density at radius 2 is 1.83 bits per heavy atom. The fourth-order valence-corrected chi connectivity index (χ4v) is 6.02. The molecule has 0 bridgehead atoms. The summed E-state index contributed by atoms with van der Waals surface area (Å²) in [6.45, 7) is 1.17. The van der Waals surface area contributed by atoms with E-state index < -0.39 is 21.7 Å². The van der Waals surface area contributed by atoms with Gasteiger partial charge in [-0.25, -0.2) is 17.6 Å². The molecule has 48 heavy (non-hydrogen) atoms. The number of methoxy groups -OCH3 is 2. The van der Waals surface area contributed by atoms with E-state index in [4.69, 9.17) is 14.2 Å². The van der Waals surface area contributed by atoms with Crippen LogP contribution in [-0.2, 0) is 30.7 Å². The van der Waals surface area contributed by atoms with Crippen LogP contribution >= 0.6 is 11.3 Å². The highest BCUT2D eigenvalue weighted by Crippen LogP contribution is 2.39. The van der Waals surface area contributed by atoms with Crippen molar-refractivity contribution in [3.05, 3.63) is 90.5 Å². The largest absolute Gasteiger partial charge is 0.453 e. The minimum Gasteiger partial charge on any atom is -0.453 e. The molecule has 0 aliphatic carbocycles. The first-order chi connectivity index (χ1) is 23.1. The molecule has 15 heteroatoms. The Kier molecular flexibility index (Phi) is 12.4. The van der Waals surface area contributed by atoms with Crippen LogP contribution in [0.5, 0.6) is 11.5 Å². The molecule has 0 spiro atoms. The van der Waals surface area contributed by atoms with Gasteiger partial charge >= 0.3 is 6.09 Å². The SMILES string of the molecule is CNc1ccc(Oc2ccnc3cc(-c4ccc(CN(CCOC)C(=O)OC)cn4)sc23)c(F)c1.CS(=O)(=O)c1cccc(NC=O)c1. The lowest BCUT2D eigenvalue weighted by molar-refractivity contribution is -0.105. The number of carbonyl (C=O) groups excluding carboxylic acids is 2. The second-order valence-corrected chi connectivity index (χ2v) is 13.2. The van der Waals surface area contributed by atoms with Gasteiger partial charge in [0.1, 0.15) is 5.75 Å². The number of hydrogen-bond acceptors (Lipinski definition) is 11. The number of nitrogens with one attached hydrogen (secondary N) is 2. The Labute approximate surface area is 281 Å². The predicted octanol–water partition coefficient (Wildman–Crippen LogP) is 6.20. The molecule has 0 saturated carbocycles. The molecule has 2 amide bonds. The number of halogens is 1. The maximum absolute atomic E-state index is 14.4. The van der Waals surface area contributed by atoms with Gasteiger partial charge < -0.3 is 29.7 Å². The van der Waals surface area contributed by atoms with E-state index in [1.165, 1.54) is 36.6 Å². The highest BCUT2D eigenvalue weighted by atomic mass is 32.2. The molecule has 5 rings (SSSR count). The Morgan fingerprint density at radius 1 is 1.02 bits per heavy atom. The summed E-state index contributed by atoms with van der Waals surface area (Å²) in [4.78, 5) is 33.7. The summed E-state index contributed by atoms with van der Waals surface area (Å²) in [5, 5.41) is 5.27. The molecule has 3 aromatic heterocycles. The zero-order chi connectivity index (χ0) is 34.7. The second kappa shape index (κ2) is 16.6. The standard InChI is InChI=1S/C25H25FN4O4S.C8H9NO3S/c1-27-17-5-7-21(18(26)12-17)34-22-8-9-28-20-13-23(35-24(20)22)19-6-4-16(14-29-19)15-30(10-11-32-2)25(31)33-3;1-13(11,12)8-4-2-3-7(5-8)9-6-10/h4-9,12-14,27H,10-11,15H2,1-3H3;2-6H,1H3,(H,9,10). The molecular formula is C33H34FN5O7S2. The molecule has 2 N–H and O–H groups in total. The van der Waals surface area contributed by atoms with Crippen molar-refractivity contribution >= 4 is 55.3 Å². The van der Waals surface area contributed by atoms with Gasteiger partial charge in [0, 0.05) is 62.9 Å². The second-order valence-electron chi connectivity index (χ2n) is 10.1. The lowest BCUT2D eigenvalue weighted by Gasteiger charge is -2.20. The molecule has 0 atom stereocenters. The van der Waals surface area contributed by atoms with E-state index in [1.54, 1.807) is 61.8 Å². The van der Waals surface area contributed by atoms with Gasteiger partial charge in [-0.1, -0.05) is 12.1 Å². The number of hydrogen-bond donors (Lipinski definition) is 2. The molecule has 2 aromatic carbocycles. The molecule has 0 unspecified atom stereocenters. The number of benzene rings is 2. The number of fused-ring (bicyclic) bond motifs is 1. The summed E-state index contributed by atoms with van der Waals surface area (Å²) >= 11 is 1.46. The van der Waals surface area contributed by atoms with E-state index in [-0.39, 0.29) is 10.6 Å². The van der Waals surface area contributed by atoms with Crippen molar-refractivity contribution in [1.82, 2.24) is 14.9 Å². The first kappa shape index (κ1) is 35.7. The van der Waals surface area contributed by atoms with Crippen LogP contribution < -0.4 is 15.4 Å². The van der Waals surface area contributed by atoms with Crippen molar-refractivity contribution < 1.29 is 36.6 Å². The molecule has 0 saturated heterocycles. The van der Waals surface area contributed by atoms with Crippen LogP contribution in [-0.4, -0.2) is 76.5 Å². The predicted molar refractivity (Wildman–Crippen MR) is 183 cm³/mol. The minimum absolute atomic E-state index is 0.137. The summed E-state index contributed by atoms with van der Waals surface area (Å²) in [6.07, 6.45) is 4.55. The number of pyridine rings is 2. The van der Waals surface area contributed by atoms with Gasteiger partial charge in [0.25, 0.3) is 0 Å². The lowest BCUT2D eigenvalue weighted by Crippen LogP contribution is -2.33. The molecule has 5 aromatic rings. The highest BCUT2D eigenvalue weighted by Gasteiger charge is 2.16. The molecular weight excluding hydrogens is 662 g/mol. The number of anilines is 2. The van der Waals surface area contributed by atoms with Gasteiger partial charge in [0.2, 0.25) is 6.41 Å². The van der Waals surface area contributed by atoms with E-state index in [9.17, 15) is 22.4 Å². The van der Waals surface area contributed by atoms with E-state index >= 15 is 0 Å². The van der Waals surface area contributed by atoms with Gasteiger partial charge in [-0.15, -0.1) is 11.3 Å². The molecule has 0 radical (unpaired) electrons. The van der Waals surface area contributed by atoms with Gasteiger partial charge in [-0.3, -0.25) is 14.8 Å². The van der Waals surface area contributed by atoms with Gasteiger partial charge in [-0.05, 0) is 48.0 Å². The quantitative estimate of drug-likeness (QED) is 0.144. The molecule has 12 nitrogen and oxygen atoms in total. The van der Waals surface area contributed by atoms with Gasteiger partial charge in [-0.2, -0.15) is 0 Å². The van der Waals surface area contributed by atoms with Crippen LogP contribution in [0.2, 0.25) is 0 Å². The fourth-order valence-electron chi connectivity index (χ4n) is 4.31. The van der Waals surface area contributed by atoms with Gasteiger partial charge in [0.05, 0.1) is 45.9 Å². The number of nitrogens with zero attached hydrogens (tertiary/aromatic N) is 3. The van der Waals surface area contributed by atoms with Crippen molar-refractivity contribution in [2.24, 2.45) is 0 Å². The molecule has 3 heterocycles. The summed E-state index contributed by atoms with van der Waals surface area (Å²) in [5.74, 6) is 0.200. The van der Waals surface area contributed by atoms with Crippen molar-refractivity contribution in [2.45, 2.75) is 11.4 Å².